The van der Waals surface area contributed by atoms with Gasteiger partial charge >= 0.3 is 7.68 Å². The van der Waals surface area contributed by atoms with Gasteiger partial charge in [0.05, 0.1) is 11.8 Å². The van der Waals surface area contributed by atoms with Gasteiger partial charge in [-0.3, -0.25) is 4.57 Å². The van der Waals surface area contributed by atoms with E-state index >= 15 is 0 Å². The molecule has 3 unspecified atom stereocenters. The third kappa shape index (κ3) is 3.85. The van der Waals surface area contributed by atoms with Crippen molar-refractivity contribution in [3.63, 3.8) is 0 Å². The van der Waals surface area contributed by atoms with E-state index in [0.717, 1.165) is 19.3 Å². The molecule has 96 valence electrons. The predicted octanol–water partition coefficient (Wildman–Crippen LogP) is 4.79. The zero-order valence-electron chi connectivity index (χ0n) is 11.0. The van der Waals surface area contributed by atoms with Crippen molar-refractivity contribution in [3.05, 3.63) is 0 Å². The van der Waals surface area contributed by atoms with Gasteiger partial charge in [0.1, 0.15) is 0 Å². The molecule has 0 spiro atoms. The van der Waals surface area contributed by atoms with Gasteiger partial charge in [-0.05, 0) is 30.6 Å². The Morgan fingerprint density at radius 2 is 1.94 bits per heavy atom. The second kappa shape index (κ2) is 4.78. The van der Waals surface area contributed by atoms with Crippen LogP contribution in [0.1, 0.15) is 53.9 Å². The van der Waals surface area contributed by atoms with E-state index < -0.39 is 13.3 Å². The van der Waals surface area contributed by atoms with Crippen LogP contribution in [0.4, 0.5) is 4.20 Å². The van der Waals surface area contributed by atoms with Gasteiger partial charge in [-0.25, -0.2) is 0 Å². The van der Waals surface area contributed by atoms with Gasteiger partial charge in [0.2, 0.25) is 0 Å². The van der Waals surface area contributed by atoms with Crippen LogP contribution >= 0.6 is 7.68 Å². The molecule has 1 aliphatic rings. The number of hydrogen-bond acceptors (Lipinski definition) is 2. The molecule has 0 bridgehead atoms. The zero-order valence-corrected chi connectivity index (χ0v) is 11.9. The minimum atomic E-state index is -3.92. The highest BCUT2D eigenvalue weighted by Gasteiger charge is 2.38. The van der Waals surface area contributed by atoms with E-state index in [1.807, 2.05) is 0 Å². The van der Waals surface area contributed by atoms with Crippen molar-refractivity contribution >= 4 is 7.68 Å². The van der Waals surface area contributed by atoms with Gasteiger partial charge in [0, 0.05) is 0 Å². The fourth-order valence-electron chi connectivity index (χ4n) is 2.66. The second-order valence-electron chi connectivity index (χ2n) is 6.26. The molecule has 16 heavy (non-hydrogen) atoms. The first-order valence-corrected chi connectivity index (χ1v) is 7.68. The van der Waals surface area contributed by atoms with E-state index in [4.69, 9.17) is 4.52 Å². The minimum Gasteiger partial charge on any atom is -0.302 e. The largest absolute Gasteiger partial charge is 0.370 e. The van der Waals surface area contributed by atoms with Crippen molar-refractivity contribution in [1.29, 1.82) is 0 Å². The lowest BCUT2D eigenvalue weighted by atomic mass is 9.72. The average Bonchev–Trinajstić information content (AvgIpc) is 1.97. The molecular weight excluding hydrogens is 226 g/mol. The molecule has 1 aliphatic carbocycles. The topological polar surface area (TPSA) is 26.3 Å². The highest BCUT2D eigenvalue weighted by molar-refractivity contribution is 7.54. The summed E-state index contributed by atoms with van der Waals surface area (Å²) < 4.78 is 30.6. The third-order valence-corrected chi connectivity index (χ3v) is 5.08. The lowest BCUT2D eigenvalue weighted by molar-refractivity contribution is 0.0521. The standard InChI is InChI=1S/C12H24FO2P/c1-9(2)16(13,14)15-11-6-10(3)7-12(4,5)8-11/h9-11H,6-8H2,1-5H3. The maximum absolute atomic E-state index is 13.7. The summed E-state index contributed by atoms with van der Waals surface area (Å²) in [7, 11) is -3.92. The molecule has 0 saturated heterocycles. The van der Waals surface area contributed by atoms with Crippen LogP contribution in [-0.2, 0) is 9.09 Å². The van der Waals surface area contributed by atoms with Crippen molar-refractivity contribution in [3.8, 4) is 0 Å². The SMILES string of the molecule is CC1CC(OP(=O)(F)C(C)C)CC(C)(C)C1. The van der Waals surface area contributed by atoms with E-state index in [-0.39, 0.29) is 11.5 Å². The second-order valence-corrected chi connectivity index (χ2v) is 8.54. The fourth-order valence-corrected chi connectivity index (χ4v) is 3.47. The predicted molar refractivity (Wildman–Crippen MR) is 65.5 cm³/mol. The van der Waals surface area contributed by atoms with E-state index in [0.29, 0.717) is 5.92 Å². The Kier molecular flexibility index (Phi) is 4.23. The molecule has 0 amide bonds. The molecule has 0 aromatic rings. The fraction of sp³-hybridized carbons (Fsp3) is 1.00. The Bertz CT molecular complexity index is 289. The molecule has 0 aromatic heterocycles. The highest BCUT2D eigenvalue weighted by Crippen LogP contribution is 2.56. The van der Waals surface area contributed by atoms with Crippen LogP contribution in [-0.4, -0.2) is 11.8 Å². The average molecular weight is 250 g/mol. The Hall–Kier alpha value is 0.120. The van der Waals surface area contributed by atoms with Crippen LogP contribution in [0.5, 0.6) is 0 Å². The minimum absolute atomic E-state index is 0.166. The smallest absolute Gasteiger partial charge is 0.302 e. The van der Waals surface area contributed by atoms with Gasteiger partial charge in [0.25, 0.3) is 0 Å². The molecule has 0 N–H and O–H groups in total. The van der Waals surface area contributed by atoms with Crippen LogP contribution < -0.4 is 0 Å². The first-order chi connectivity index (χ1) is 7.12. The normalized spacial score (nSPS) is 33.7. The Morgan fingerprint density at radius 1 is 1.38 bits per heavy atom. The first-order valence-electron chi connectivity index (χ1n) is 6.10. The van der Waals surface area contributed by atoms with Crippen molar-refractivity contribution in [2.45, 2.75) is 65.6 Å². The van der Waals surface area contributed by atoms with E-state index in [2.05, 4.69) is 20.8 Å². The molecule has 1 rings (SSSR count). The zero-order chi connectivity index (χ0) is 12.6. The van der Waals surface area contributed by atoms with Crippen LogP contribution in [0.2, 0.25) is 0 Å². The summed E-state index contributed by atoms with van der Waals surface area (Å²) >= 11 is 0. The van der Waals surface area contributed by atoms with Crippen molar-refractivity contribution in [2.24, 2.45) is 11.3 Å². The van der Waals surface area contributed by atoms with Crippen LogP contribution in [0, 0.1) is 11.3 Å². The maximum atomic E-state index is 13.7. The number of rotatable bonds is 3. The quantitative estimate of drug-likeness (QED) is 0.673. The van der Waals surface area contributed by atoms with Crippen LogP contribution in [0.25, 0.3) is 0 Å². The Morgan fingerprint density at radius 3 is 2.38 bits per heavy atom. The summed E-state index contributed by atoms with van der Waals surface area (Å²) in [5.41, 5.74) is -0.368. The Balaban J connectivity index is 2.65. The summed E-state index contributed by atoms with van der Waals surface area (Å²) in [6, 6.07) is 0. The molecule has 1 saturated carbocycles. The summed E-state index contributed by atoms with van der Waals surface area (Å²) in [5, 5.41) is 0. The van der Waals surface area contributed by atoms with E-state index in [9.17, 15) is 8.76 Å². The summed E-state index contributed by atoms with van der Waals surface area (Å²) in [5.74, 6) is 0.515. The summed E-state index contributed by atoms with van der Waals surface area (Å²) in [6.45, 7) is 9.70. The van der Waals surface area contributed by atoms with Gasteiger partial charge in [0.15, 0.2) is 0 Å². The van der Waals surface area contributed by atoms with Crippen molar-refractivity contribution in [1.82, 2.24) is 0 Å². The molecule has 3 atom stereocenters. The summed E-state index contributed by atoms with van der Waals surface area (Å²) in [6.07, 6.45) is 2.57. The lowest BCUT2D eigenvalue weighted by Gasteiger charge is -2.39. The summed E-state index contributed by atoms with van der Waals surface area (Å²) in [4.78, 5) is 0. The maximum Gasteiger partial charge on any atom is 0.370 e. The molecular formula is C12H24FO2P. The van der Waals surface area contributed by atoms with Gasteiger partial charge in [-0.15, -0.1) is 0 Å². The Labute approximate surface area is 98.5 Å². The molecule has 4 heteroatoms. The third-order valence-electron chi connectivity index (χ3n) is 3.26. The van der Waals surface area contributed by atoms with Crippen molar-refractivity contribution in [2.75, 3.05) is 0 Å². The van der Waals surface area contributed by atoms with Crippen molar-refractivity contribution < 1.29 is 13.3 Å². The molecule has 0 aromatic carbocycles. The molecule has 2 nitrogen and oxygen atoms in total. The van der Waals surface area contributed by atoms with Crippen LogP contribution in [0.3, 0.4) is 0 Å². The van der Waals surface area contributed by atoms with Gasteiger partial charge in [-0.1, -0.05) is 34.6 Å². The first kappa shape index (κ1) is 14.2. The van der Waals surface area contributed by atoms with E-state index in [1.54, 1.807) is 13.8 Å². The molecule has 1 fully saturated rings. The molecule has 0 radical (unpaired) electrons. The monoisotopic (exact) mass is 250 g/mol. The highest BCUT2D eigenvalue weighted by atomic mass is 31.2. The van der Waals surface area contributed by atoms with Gasteiger partial charge in [-0.2, -0.15) is 4.20 Å². The molecule has 0 aliphatic heterocycles. The van der Waals surface area contributed by atoms with E-state index in [1.165, 1.54) is 0 Å². The number of hydrogen-bond donors (Lipinski definition) is 0. The lowest BCUT2D eigenvalue weighted by Crippen LogP contribution is -2.32. The molecule has 0 heterocycles. The van der Waals surface area contributed by atoms with Gasteiger partial charge < -0.3 is 4.52 Å². The van der Waals surface area contributed by atoms with Crippen LogP contribution in [0.15, 0.2) is 0 Å². The number of halogens is 1.